The Morgan fingerprint density at radius 2 is 1.73 bits per heavy atom. The van der Waals surface area contributed by atoms with Gasteiger partial charge in [0.2, 0.25) is 5.89 Å². The first kappa shape index (κ1) is 27.1. The van der Waals surface area contributed by atoms with Gasteiger partial charge >= 0.3 is 6.18 Å². The topological polar surface area (TPSA) is 80.3 Å². The molecule has 13 heteroatoms. The number of nitrogens with zero attached hydrogens (tertiary/aromatic N) is 6. The minimum atomic E-state index is -4.40. The second-order valence-corrected chi connectivity index (χ2v) is 11.1. The number of aromatic nitrogens is 4. The van der Waals surface area contributed by atoms with E-state index in [2.05, 4.69) is 15.2 Å². The van der Waals surface area contributed by atoms with Crippen LogP contribution in [-0.4, -0.2) is 56.7 Å². The van der Waals surface area contributed by atoms with Crippen molar-refractivity contribution in [2.45, 2.75) is 17.1 Å². The molecule has 41 heavy (non-hydrogen) atoms. The molecule has 5 aromatic rings. The van der Waals surface area contributed by atoms with Crippen LogP contribution in [0.5, 0.6) is 0 Å². The highest BCUT2D eigenvalue weighted by molar-refractivity contribution is 7.98. The van der Waals surface area contributed by atoms with Crippen LogP contribution in [0.4, 0.5) is 18.9 Å². The summed E-state index contributed by atoms with van der Waals surface area (Å²) in [5.74, 6) is 1.18. The van der Waals surface area contributed by atoms with E-state index in [9.17, 15) is 18.0 Å². The molecule has 2 aromatic carbocycles. The maximum absolute atomic E-state index is 13.1. The Morgan fingerprint density at radius 3 is 2.46 bits per heavy atom. The summed E-state index contributed by atoms with van der Waals surface area (Å²) < 4.78 is 46.9. The third kappa shape index (κ3) is 5.86. The molecule has 1 aliphatic heterocycles. The molecule has 0 N–H and O–H groups in total. The third-order valence-electron chi connectivity index (χ3n) is 6.59. The van der Waals surface area contributed by atoms with Crippen molar-refractivity contribution in [2.75, 3.05) is 31.1 Å². The van der Waals surface area contributed by atoms with E-state index in [-0.39, 0.29) is 11.6 Å². The van der Waals surface area contributed by atoms with Gasteiger partial charge in [-0.05, 0) is 41.8 Å². The summed E-state index contributed by atoms with van der Waals surface area (Å²) in [6.07, 6.45) is -3.06. The fraction of sp³-hybridized carbons (Fsp3) is 0.214. The molecule has 8 nitrogen and oxygen atoms in total. The number of thioether (sulfide) groups is 1. The first-order valence-corrected chi connectivity index (χ1v) is 14.6. The number of benzene rings is 2. The molecule has 210 valence electrons. The van der Waals surface area contributed by atoms with Crippen molar-refractivity contribution in [3.05, 3.63) is 95.5 Å². The lowest BCUT2D eigenvalue weighted by atomic mass is 10.1. The Hall–Kier alpha value is -4.10. The number of amides is 1. The van der Waals surface area contributed by atoms with E-state index >= 15 is 0 Å². The van der Waals surface area contributed by atoms with Crippen LogP contribution < -0.4 is 4.90 Å². The van der Waals surface area contributed by atoms with E-state index in [4.69, 9.17) is 4.42 Å². The number of halogens is 3. The molecule has 1 amide bonds. The largest absolute Gasteiger partial charge is 0.447 e. The summed E-state index contributed by atoms with van der Waals surface area (Å²) >= 11 is 2.98. The molecule has 4 heterocycles. The fourth-order valence-electron chi connectivity index (χ4n) is 4.55. The lowest BCUT2D eigenvalue weighted by Gasteiger charge is -2.36. The van der Waals surface area contributed by atoms with Crippen LogP contribution in [0, 0.1) is 0 Å². The number of thiophene rings is 1. The van der Waals surface area contributed by atoms with E-state index in [1.807, 2.05) is 57.3 Å². The molecule has 0 bridgehead atoms. The van der Waals surface area contributed by atoms with Gasteiger partial charge in [-0.25, -0.2) is 4.98 Å². The summed E-state index contributed by atoms with van der Waals surface area (Å²) in [5.41, 5.74) is 0.914. The van der Waals surface area contributed by atoms with Crippen molar-refractivity contribution < 1.29 is 22.4 Å². The standard InChI is InChI=1S/C28H23F3N6O2S2/c29-28(30,31)19-6-4-9-21(16-19)35-11-13-36(14-12-35)26(38)22-17-39-24(32-22)18-41-27-34-33-25(23-10-5-15-40-23)37(27)20-7-2-1-3-8-20/h1-10,15-17H,11-14,18H2. The minimum absolute atomic E-state index is 0.192. The van der Waals surface area contributed by atoms with Crippen molar-refractivity contribution in [1.82, 2.24) is 24.6 Å². The zero-order chi connectivity index (χ0) is 28.4. The fourth-order valence-corrected chi connectivity index (χ4v) is 6.05. The van der Waals surface area contributed by atoms with Crippen molar-refractivity contribution in [3.63, 3.8) is 0 Å². The monoisotopic (exact) mass is 596 g/mol. The highest BCUT2D eigenvalue weighted by Crippen LogP contribution is 2.33. The normalized spacial score (nSPS) is 14.0. The third-order valence-corrected chi connectivity index (χ3v) is 8.37. The van der Waals surface area contributed by atoms with Crippen molar-refractivity contribution in [3.8, 4) is 16.4 Å². The SMILES string of the molecule is O=C(c1coc(CSc2nnc(-c3cccs3)n2-c2ccccc2)n1)N1CCN(c2cccc(C(F)(F)F)c2)CC1. The molecular weight excluding hydrogens is 573 g/mol. The van der Waals surface area contributed by atoms with Gasteiger partial charge in [0.1, 0.15) is 6.26 Å². The van der Waals surface area contributed by atoms with E-state index < -0.39 is 11.7 Å². The highest BCUT2D eigenvalue weighted by Gasteiger charge is 2.31. The lowest BCUT2D eigenvalue weighted by Crippen LogP contribution is -2.49. The molecule has 0 aliphatic carbocycles. The van der Waals surface area contributed by atoms with Crippen molar-refractivity contribution in [1.29, 1.82) is 0 Å². The van der Waals surface area contributed by atoms with Crippen LogP contribution in [0.25, 0.3) is 16.4 Å². The first-order chi connectivity index (χ1) is 19.9. The lowest BCUT2D eigenvalue weighted by molar-refractivity contribution is -0.137. The number of alkyl halides is 3. The van der Waals surface area contributed by atoms with Gasteiger partial charge in [0, 0.05) is 37.6 Å². The summed E-state index contributed by atoms with van der Waals surface area (Å²) in [4.78, 5) is 22.0. The predicted octanol–water partition coefficient (Wildman–Crippen LogP) is 6.26. The van der Waals surface area contributed by atoms with Gasteiger partial charge in [0.15, 0.2) is 16.7 Å². The van der Waals surface area contributed by atoms with Gasteiger partial charge < -0.3 is 14.2 Å². The molecular formula is C28H23F3N6O2S2. The molecule has 0 atom stereocenters. The average molecular weight is 597 g/mol. The zero-order valence-electron chi connectivity index (χ0n) is 21.5. The van der Waals surface area contributed by atoms with Crippen LogP contribution >= 0.6 is 23.1 Å². The van der Waals surface area contributed by atoms with E-state index in [1.54, 1.807) is 22.3 Å². The maximum atomic E-state index is 13.1. The van der Waals surface area contributed by atoms with Crippen LogP contribution in [-0.2, 0) is 11.9 Å². The van der Waals surface area contributed by atoms with Crippen LogP contribution in [0.2, 0.25) is 0 Å². The molecule has 1 fully saturated rings. The van der Waals surface area contributed by atoms with Gasteiger partial charge in [-0.1, -0.05) is 42.1 Å². The number of oxazole rings is 1. The number of hydrogen-bond acceptors (Lipinski definition) is 8. The highest BCUT2D eigenvalue weighted by atomic mass is 32.2. The molecule has 1 saturated heterocycles. The number of carbonyl (C=O) groups excluding carboxylic acids is 1. The van der Waals surface area contributed by atoms with Crippen LogP contribution in [0.15, 0.2) is 87.9 Å². The minimum Gasteiger partial charge on any atom is -0.447 e. The molecule has 0 unspecified atom stereocenters. The van der Waals surface area contributed by atoms with Gasteiger partial charge in [-0.15, -0.1) is 21.5 Å². The number of rotatable bonds is 7. The van der Waals surface area contributed by atoms with E-state index in [0.29, 0.717) is 48.7 Å². The van der Waals surface area contributed by atoms with Crippen LogP contribution in [0.1, 0.15) is 21.9 Å². The summed E-state index contributed by atoms with van der Waals surface area (Å²) in [5, 5.41) is 11.5. The Bertz CT molecular complexity index is 1630. The Labute approximate surface area is 241 Å². The number of para-hydroxylation sites is 1. The summed E-state index contributed by atoms with van der Waals surface area (Å²) in [6.45, 7) is 1.54. The zero-order valence-corrected chi connectivity index (χ0v) is 23.1. The van der Waals surface area contributed by atoms with Gasteiger partial charge in [-0.3, -0.25) is 9.36 Å². The molecule has 0 spiro atoms. The van der Waals surface area contributed by atoms with E-state index in [0.717, 1.165) is 28.5 Å². The molecule has 6 rings (SSSR count). The predicted molar refractivity (Wildman–Crippen MR) is 150 cm³/mol. The molecule has 0 saturated carbocycles. The Kier molecular flexibility index (Phi) is 7.54. The smallest absolute Gasteiger partial charge is 0.416 e. The molecule has 0 radical (unpaired) electrons. The van der Waals surface area contributed by atoms with Crippen LogP contribution in [0.3, 0.4) is 0 Å². The first-order valence-electron chi connectivity index (χ1n) is 12.7. The van der Waals surface area contributed by atoms with Gasteiger partial charge in [0.05, 0.1) is 16.2 Å². The average Bonchev–Trinajstić information content (AvgIpc) is 3.77. The van der Waals surface area contributed by atoms with E-state index in [1.165, 1.54) is 24.1 Å². The number of carbonyl (C=O) groups is 1. The van der Waals surface area contributed by atoms with Crippen molar-refractivity contribution in [2.24, 2.45) is 0 Å². The number of anilines is 1. The Balaban J connectivity index is 1.10. The number of piperazine rings is 1. The number of hydrogen-bond donors (Lipinski definition) is 0. The van der Waals surface area contributed by atoms with Crippen molar-refractivity contribution >= 4 is 34.7 Å². The summed E-state index contributed by atoms with van der Waals surface area (Å²) in [7, 11) is 0. The summed E-state index contributed by atoms with van der Waals surface area (Å²) in [6, 6.07) is 19.0. The van der Waals surface area contributed by atoms with Gasteiger partial charge in [0.25, 0.3) is 5.91 Å². The second kappa shape index (κ2) is 11.4. The maximum Gasteiger partial charge on any atom is 0.416 e. The Morgan fingerprint density at radius 1 is 0.951 bits per heavy atom. The molecule has 3 aromatic heterocycles. The molecule has 1 aliphatic rings. The second-order valence-electron chi connectivity index (χ2n) is 9.20. The quantitative estimate of drug-likeness (QED) is 0.205. The van der Waals surface area contributed by atoms with Gasteiger partial charge in [-0.2, -0.15) is 13.2 Å².